The van der Waals surface area contributed by atoms with Crippen molar-refractivity contribution >= 4 is 16.4 Å². The summed E-state index contributed by atoms with van der Waals surface area (Å²) in [7, 11) is -4.97. The molecule has 2 atom stereocenters. The number of cyclic esters (lactones) is 1. The van der Waals surface area contributed by atoms with Crippen LogP contribution in [-0.4, -0.2) is 53.1 Å². The summed E-state index contributed by atoms with van der Waals surface area (Å²) in [6.07, 6.45) is -2.88. The van der Waals surface area contributed by atoms with Crippen LogP contribution in [0.2, 0.25) is 0 Å². The van der Waals surface area contributed by atoms with Crippen LogP contribution in [-0.2, 0) is 24.3 Å². The van der Waals surface area contributed by atoms with Gasteiger partial charge >= 0.3 is 5.97 Å². The monoisotopic (exact) mass is 341 g/mol. The van der Waals surface area contributed by atoms with Crippen molar-refractivity contribution in [3.05, 3.63) is 11.5 Å². The third-order valence-electron chi connectivity index (χ3n) is 1.54. The highest BCUT2D eigenvalue weighted by Crippen LogP contribution is 2.19. The molecule has 1 rings (SSSR count). The summed E-state index contributed by atoms with van der Waals surface area (Å²) >= 11 is 0. The van der Waals surface area contributed by atoms with Gasteiger partial charge in [0.05, 0.1) is 6.61 Å². The van der Waals surface area contributed by atoms with E-state index >= 15 is 0 Å². The quantitative estimate of drug-likeness (QED) is 0.0951. The maximum Gasteiger partial charge on any atom is 0.327 e. The first kappa shape index (κ1) is 27.7. The number of ether oxygens (including phenoxy) is 1. The number of quaternary nitrogens is 3. The molecule has 0 aliphatic carbocycles. The highest BCUT2D eigenvalue weighted by molar-refractivity contribution is 7.80. The summed E-state index contributed by atoms with van der Waals surface area (Å²) in [5.74, 6) is -3.25. The summed E-state index contributed by atoms with van der Waals surface area (Å²) < 4.78 is 33.1. The molecule has 0 saturated carbocycles. The van der Waals surface area contributed by atoms with Crippen LogP contribution >= 0.6 is 0 Å². The predicted molar refractivity (Wildman–Crippen MR) is 61.4 cm³/mol. The summed E-state index contributed by atoms with van der Waals surface area (Å²) in [6, 6.07) is 0. The summed E-state index contributed by atoms with van der Waals surface area (Å²) in [6.45, 7) is -0.699. The number of rotatable bonds is 3. The van der Waals surface area contributed by atoms with E-state index in [2.05, 4.69) is 9.07 Å². The smallest absolute Gasteiger partial charge is 0.327 e. The van der Waals surface area contributed by atoms with Crippen molar-refractivity contribution in [2.24, 2.45) is 0 Å². The SMILES string of the molecule is O=C1O[C@H]([C@@H](O)CO)C(O)=C1[O-].O=S(=O)([O-])O[O-].[NH4+].[NH4+].[NH4+]. The predicted octanol–water partition coefficient (Wildman–Crippen LogP) is -3.74. The van der Waals surface area contributed by atoms with Gasteiger partial charge < -0.3 is 57.8 Å². The van der Waals surface area contributed by atoms with Gasteiger partial charge in [-0.15, -0.1) is 0 Å². The Labute approximate surface area is 118 Å². The molecular formula is C6H19N3O11S. The van der Waals surface area contributed by atoms with Gasteiger partial charge in [0.25, 0.3) is 0 Å². The lowest BCUT2D eigenvalue weighted by Gasteiger charge is -2.14. The average Bonchev–Trinajstić information content (AvgIpc) is 2.56. The molecule has 130 valence electrons. The van der Waals surface area contributed by atoms with Gasteiger partial charge in [-0.1, -0.05) is 0 Å². The fourth-order valence-electron chi connectivity index (χ4n) is 0.815. The largest absolute Gasteiger partial charge is 0.865 e. The molecule has 1 aliphatic heterocycles. The average molecular weight is 341 g/mol. The number of esters is 1. The molecule has 0 aromatic heterocycles. The molecule has 21 heavy (non-hydrogen) atoms. The van der Waals surface area contributed by atoms with Gasteiger partial charge in [0.2, 0.25) is 10.4 Å². The van der Waals surface area contributed by atoms with Crippen molar-refractivity contribution in [2.45, 2.75) is 12.2 Å². The van der Waals surface area contributed by atoms with Crippen molar-refractivity contribution in [1.29, 1.82) is 0 Å². The molecule has 15 N–H and O–H groups in total. The molecule has 0 radical (unpaired) electrons. The third kappa shape index (κ3) is 9.07. The number of carbonyl (C=O) groups excluding carboxylic acids is 1. The molecule has 0 fully saturated rings. The summed E-state index contributed by atoms with van der Waals surface area (Å²) in [5, 5.41) is 45.3. The van der Waals surface area contributed by atoms with Crippen LogP contribution in [0.1, 0.15) is 0 Å². The molecule has 0 saturated heterocycles. The Balaban J connectivity index is -0.000000142. The summed E-state index contributed by atoms with van der Waals surface area (Å²) in [5.41, 5.74) is 0. The van der Waals surface area contributed by atoms with E-state index < -0.39 is 46.7 Å². The maximum absolute atomic E-state index is 10.6. The first-order chi connectivity index (χ1) is 8.14. The zero-order chi connectivity index (χ0) is 14.5. The molecule has 1 heterocycles. The van der Waals surface area contributed by atoms with E-state index in [1.54, 1.807) is 0 Å². The molecule has 0 spiro atoms. The maximum atomic E-state index is 10.6. The topological polar surface area (TPSA) is 309 Å². The lowest BCUT2D eigenvalue weighted by Crippen LogP contribution is -2.31. The van der Waals surface area contributed by atoms with Gasteiger partial charge in [-0.25, -0.2) is 13.2 Å². The van der Waals surface area contributed by atoms with E-state index in [1.165, 1.54) is 0 Å². The highest BCUT2D eigenvalue weighted by Gasteiger charge is 2.34. The molecule has 0 amide bonds. The normalized spacial score (nSPS) is 18.1. The van der Waals surface area contributed by atoms with Gasteiger partial charge in [-0.2, -0.15) is 0 Å². The molecule has 15 heteroatoms. The van der Waals surface area contributed by atoms with Crippen LogP contribution in [0.15, 0.2) is 11.5 Å². The standard InChI is InChI=1S/C6H8O6.3H3N.H2O5S/c7-1-2(8)5-3(9)4(10)6(11)12-5;;;;1-5-6(2,3)4/h2,5,7-10H,1H2;3*1H3;1H,(H,2,3,4)/t2-,5+;;;;/m0..../s1. The van der Waals surface area contributed by atoms with Crippen molar-refractivity contribution in [3.63, 3.8) is 0 Å². The molecule has 0 bridgehead atoms. The Morgan fingerprint density at radius 1 is 1.33 bits per heavy atom. The minimum atomic E-state index is -4.97. The fourth-order valence-corrected chi connectivity index (χ4v) is 0.815. The minimum absolute atomic E-state index is 0. The molecule has 0 aromatic rings. The van der Waals surface area contributed by atoms with Gasteiger partial charge in [-0.3, -0.25) is 0 Å². The second-order valence-corrected chi connectivity index (χ2v) is 3.72. The Morgan fingerprint density at radius 2 is 1.71 bits per heavy atom. The fraction of sp³-hybridized carbons (Fsp3) is 0.500. The van der Waals surface area contributed by atoms with E-state index in [1.807, 2.05) is 0 Å². The lowest BCUT2D eigenvalue weighted by molar-refractivity contribution is -0.637. The van der Waals surface area contributed by atoms with Crippen molar-refractivity contribution in [1.82, 2.24) is 18.5 Å². The van der Waals surface area contributed by atoms with E-state index in [-0.39, 0.29) is 18.5 Å². The third-order valence-corrected chi connectivity index (χ3v) is 1.71. The van der Waals surface area contributed by atoms with Crippen LogP contribution in [0.4, 0.5) is 0 Å². The Hall–Kier alpha value is -1.56. The zero-order valence-corrected chi connectivity index (χ0v) is 12.2. The van der Waals surface area contributed by atoms with Gasteiger partial charge in [0, 0.05) is 5.76 Å². The van der Waals surface area contributed by atoms with Crippen LogP contribution in [0, 0.1) is 0 Å². The number of carbonyl (C=O) groups is 1. The zero-order valence-electron chi connectivity index (χ0n) is 11.4. The van der Waals surface area contributed by atoms with Crippen LogP contribution in [0.25, 0.3) is 0 Å². The van der Waals surface area contributed by atoms with Crippen LogP contribution in [0.5, 0.6) is 0 Å². The lowest BCUT2D eigenvalue weighted by atomic mass is 10.2. The minimum Gasteiger partial charge on any atom is -0.865 e. The van der Waals surface area contributed by atoms with Gasteiger partial charge in [0.1, 0.15) is 11.9 Å². The van der Waals surface area contributed by atoms with Crippen molar-refractivity contribution in [3.8, 4) is 0 Å². The van der Waals surface area contributed by atoms with Crippen molar-refractivity contribution < 1.29 is 52.5 Å². The Morgan fingerprint density at radius 3 is 1.90 bits per heavy atom. The van der Waals surface area contributed by atoms with Crippen LogP contribution in [0.3, 0.4) is 0 Å². The summed E-state index contributed by atoms with van der Waals surface area (Å²) in [4.78, 5) is 10.5. The van der Waals surface area contributed by atoms with Crippen molar-refractivity contribution in [2.75, 3.05) is 6.61 Å². The van der Waals surface area contributed by atoms with E-state index in [0.717, 1.165) is 0 Å². The molecular weight excluding hydrogens is 322 g/mol. The first-order valence-electron chi connectivity index (χ1n) is 4.01. The number of aliphatic hydroxyl groups excluding tert-OH is 3. The second-order valence-electron chi connectivity index (χ2n) is 2.77. The Kier molecular flexibility index (Phi) is 14.7. The number of hydrogen-bond acceptors (Lipinski definition) is 11. The first-order valence-corrected chi connectivity index (χ1v) is 5.34. The van der Waals surface area contributed by atoms with E-state index in [0.29, 0.717) is 0 Å². The van der Waals surface area contributed by atoms with Gasteiger partial charge in [0.15, 0.2) is 6.10 Å². The highest BCUT2D eigenvalue weighted by atomic mass is 32.3. The van der Waals surface area contributed by atoms with E-state index in [4.69, 9.17) is 33.5 Å². The number of hydrogen-bond donors (Lipinski definition) is 6. The Bertz CT molecular complexity index is 435. The number of aliphatic hydroxyl groups is 3. The molecule has 1 aliphatic rings. The van der Waals surface area contributed by atoms with Gasteiger partial charge in [-0.05, 0) is 0 Å². The van der Waals surface area contributed by atoms with E-state index in [9.17, 15) is 9.90 Å². The second kappa shape index (κ2) is 11.1. The van der Waals surface area contributed by atoms with Crippen LogP contribution < -0.4 is 28.8 Å². The molecule has 0 unspecified atom stereocenters. The molecule has 0 aromatic carbocycles. The molecule has 14 nitrogen and oxygen atoms in total.